The van der Waals surface area contributed by atoms with Gasteiger partial charge in [0.2, 0.25) is 5.88 Å². The Kier molecular flexibility index (Phi) is 4.30. The van der Waals surface area contributed by atoms with Gasteiger partial charge in [0.1, 0.15) is 11.4 Å². The summed E-state index contributed by atoms with van der Waals surface area (Å²) in [6.45, 7) is 0. The van der Waals surface area contributed by atoms with Gasteiger partial charge in [-0.1, -0.05) is 42.5 Å². The van der Waals surface area contributed by atoms with Crippen LogP contribution in [0, 0.1) is 0 Å². The fraction of sp³-hybridized carbons (Fsp3) is 0.0952. The molecular weight excluding hydrogens is 340 g/mol. The molecule has 1 amide bonds. The third kappa shape index (κ3) is 3.25. The van der Waals surface area contributed by atoms with Crippen LogP contribution >= 0.6 is 0 Å². The van der Waals surface area contributed by atoms with Crippen LogP contribution in [-0.4, -0.2) is 27.9 Å². The van der Waals surface area contributed by atoms with Crippen molar-refractivity contribution in [1.29, 1.82) is 0 Å². The molecule has 0 atom stereocenters. The van der Waals surface area contributed by atoms with Crippen LogP contribution in [0.5, 0.6) is 0 Å². The number of carbonyl (C=O) groups excluding carboxylic acids is 1. The molecule has 2 heterocycles. The molecular formula is C21H18N4O2. The number of aryl methyl sites for hydroxylation is 1. The Morgan fingerprint density at radius 3 is 2.33 bits per heavy atom. The van der Waals surface area contributed by atoms with E-state index in [0.29, 0.717) is 11.4 Å². The Bertz CT molecular complexity index is 1070. The Labute approximate surface area is 156 Å². The van der Waals surface area contributed by atoms with Crippen LogP contribution in [0.3, 0.4) is 0 Å². The molecule has 0 saturated heterocycles. The number of aromatic nitrogens is 3. The number of hydrogen-bond donors (Lipinski definition) is 0. The van der Waals surface area contributed by atoms with E-state index in [-0.39, 0.29) is 5.91 Å². The molecule has 0 spiro atoms. The Hall–Kier alpha value is -3.67. The minimum absolute atomic E-state index is 0.156. The number of carbonyl (C=O) groups is 1. The molecule has 0 unspecified atom stereocenters. The lowest BCUT2D eigenvalue weighted by atomic mass is 10.0. The maximum atomic E-state index is 12.8. The number of benzene rings is 2. The summed E-state index contributed by atoms with van der Waals surface area (Å²) >= 11 is 0. The molecule has 0 N–H and O–H groups in total. The summed E-state index contributed by atoms with van der Waals surface area (Å²) in [5.74, 6) is 0.340. The minimum Gasteiger partial charge on any atom is -0.448 e. The average molecular weight is 358 g/mol. The number of nitrogens with zero attached hydrogens (tertiary/aromatic N) is 4. The Morgan fingerprint density at radius 2 is 1.63 bits per heavy atom. The van der Waals surface area contributed by atoms with Gasteiger partial charge in [-0.15, -0.1) is 0 Å². The minimum atomic E-state index is -0.156. The van der Waals surface area contributed by atoms with E-state index in [0.717, 1.165) is 22.5 Å². The molecule has 2 aromatic carbocycles. The molecule has 0 fully saturated rings. The van der Waals surface area contributed by atoms with Gasteiger partial charge >= 0.3 is 0 Å². The maximum absolute atomic E-state index is 12.8. The van der Waals surface area contributed by atoms with Crippen LogP contribution in [0.4, 0.5) is 5.88 Å². The molecule has 6 nitrogen and oxygen atoms in total. The van der Waals surface area contributed by atoms with Crippen LogP contribution in [-0.2, 0) is 7.05 Å². The first-order valence-corrected chi connectivity index (χ1v) is 8.52. The fourth-order valence-electron chi connectivity index (χ4n) is 2.95. The molecule has 6 heteroatoms. The second-order valence-electron chi connectivity index (χ2n) is 6.15. The summed E-state index contributed by atoms with van der Waals surface area (Å²) in [7, 11) is 3.47. The number of hydrogen-bond acceptors (Lipinski definition) is 4. The highest BCUT2D eigenvalue weighted by Gasteiger charge is 2.18. The highest BCUT2D eigenvalue weighted by molar-refractivity contribution is 6.05. The van der Waals surface area contributed by atoms with E-state index >= 15 is 0 Å². The van der Waals surface area contributed by atoms with Gasteiger partial charge in [-0.3, -0.25) is 9.69 Å². The average Bonchev–Trinajstić information content (AvgIpc) is 3.37. The Morgan fingerprint density at radius 1 is 0.926 bits per heavy atom. The van der Waals surface area contributed by atoms with Crippen molar-refractivity contribution in [3.63, 3.8) is 0 Å². The number of furan rings is 1. The molecule has 4 rings (SSSR count). The lowest BCUT2D eigenvalue weighted by Crippen LogP contribution is -2.25. The van der Waals surface area contributed by atoms with Gasteiger partial charge in [0, 0.05) is 36.9 Å². The maximum Gasteiger partial charge on any atom is 0.260 e. The van der Waals surface area contributed by atoms with Crippen molar-refractivity contribution in [2.45, 2.75) is 0 Å². The fourth-order valence-corrected chi connectivity index (χ4v) is 2.95. The van der Waals surface area contributed by atoms with Gasteiger partial charge in [-0.25, -0.2) is 0 Å². The van der Waals surface area contributed by atoms with Crippen LogP contribution in [0.25, 0.3) is 22.5 Å². The zero-order valence-electron chi connectivity index (χ0n) is 15.0. The third-order valence-electron chi connectivity index (χ3n) is 4.29. The zero-order chi connectivity index (χ0) is 18.8. The lowest BCUT2D eigenvalue weighted by Gasteiger charge is -2.14. The van der Waals surface area contributed by atoms with Crippen LogP contribution in [0.15, 0.2) is 77.4 Å². The van der Waals surface area contributed by atoms with Crippen molar-refractivity contribution in [1.82, 2.24) is 15.0 Å². The van der Waals surface area contributed by atoms with E-state index in [9.17, 15) is 4.79 Å². The molecule has 0 aliphatic rings. The summed E-state index contributed by atoms with van der Waals surface area (Å²) in [5.41, 5.74) is 3.88. The van der Waals surface area contributed by atoms with Crippen molar-refractivity contribution >= 4 is 11.8 Å². The smallest absolute Gasteiger partial charge is 0.260 e. The van der Waals surface area contributed by atoms with Crippen molar-refractivity contribution in [3.8, 4) is 22.5 Å². The second kappa shape index (κ2) is 6.92. The standard InChI is InChI=1S/C21H18N4O2/c1-24(18-12-7-13-27-18)21(26)17-11-6-10-16(14-17)20-19(22-25(2)23-20)15-8-4-3-5-9-15/h3-14H,1-2H3. The molecule has 2 aromatic heterocycles. The number of anilines is 1. The highest BCUT2D eigenvalue weighted by atomic mass is 16.3. The molecule has 4 aromatic rings. The van der Waals surface area contributed by atoms with Crippen molar-refractivity contribution in [2.75, 3.05) is 11.9 Å². The summed E-state index contributed by atoms with van der Waals surface area (Å²) in [6, 6.07) is 20.8. The van der Waals surface area contributed by atoms with Gasteiger partial charge in [0.15, 0.2) is 0 Å². The topological polar surface area (TPSA) is 64.2 Å². The van der Waals surface area contributed by atoms with Crippen LogP contribution in [0.1, 0.15) is 10.4 Å². The van der Waals surface area contributed by atoms with E-state index in [1.54, 1.807) is 43.4 Å². The van der Waals surface area contributed by atoms with Crippen LogP contribution in [0.2, 0.25) is 0 Å². The molecule has 0 aliphatic carbocycles. The quantitative estimate of drug-likeness (QED) is 0.553. The van der Waals surface area contributed by atoms with Gasteiger partial charge in [-0.2, -0.15) is 15.0 Å². The van der Waals surface area contributed by atoms with Gasteiger partial charge in [-0.05, 0) is 18.2 Å². The number of rotatable bonds is 4. The highest BCUT2D eigenvalue weighted by Crippen LogP contribution is 2.29. The first-order chi connectivity index (χ1) is 13.1. The van der Waals surface area contributed by atoms with E-state index in [1.807, 2.05) is 48.5 Å². The molecule has 0 radical (unpaired) electrons. The van der Waals surface area contributed by atoms with Gasteiger partial charge < -0.3 is 4.42 Å². The molecule has 27 heavy (non-hydrogen) atoms. The second-order valence-corrected chi connectivity index (χ2v) is 6.15. The largest absolute Gasteiger partial charge is 0.448 e. The summed E-state index contributed by atoms with van der Waals surface area (Å²) in [6.07, 6.45) is 1.54. The Balaban J connectivity index is 1.73. The van der Waals surface area contributed by atoms with Crippen LogP contribution < -0.4 is 4.90 Å². The SMILES string of the molecule is CN(C(=O)c1cccc(-c2nn(C)nc2-c2ccccc2)c1)c1ccco1. The summed E-state index contributed by atoms with van der Waals surface area (Å²) < 4.78 is 5.31. The van der Waals surface area contributed by atoms with E-state index in [1.165, 1.54) is 4.90 Å². The van der Waals surface area contributed by atoms with Gasteiger partial charge in [0.25, 0.3) is 5.91 Å². The predicted molar refractivity (Wildman–Crippen MR) is 103 cm³/mol. The van der Waals surface area contributed by atoms with E-state index < -0.39 is 0 Å². The third-order valence-corrected chi connectivity index (χ3v) is 4.29. The van der Waals surface area contributed by atoms with Crippen molar-refractivity contribution in [2.24, 2.45) is 7.05 Å². The first kappa shape index (κ1) is 16.8. The normalized spacial score (nSPS) is 10.7. The van der Waals surface area contributed by atoms with E-state index in [4.69, 9.17) is 4.42 Å². The monoisotopic (exact) mass is 358 g/mol. The molecule has 0 saturated carbocycles. The molecule has 134 valence electrons. The van der Waals surface area contributed by atoms with E-state index in [2.05, 4.69) is 10.2 Å². The predicted octanol–water partition coefficient (Wildman–Crippen LogP) is 4.02. The summed E-state index contributed by atoms with van der Waals surface area (Å²) in [5, 5.41) is 9.02. The zero-order valence-corrected chi connectivity index (χ0v) is 15.0. The molecule has 0 aliphatic heterocycles. The molecule has 0 bridgehead atoms. The lowest BCUT2D eigenvalue weighted by molar-refractivity contribution is 0.0989. The number of amides is 1. The van der Waals surface area contributed by atoms with Crippen molar-refractivity contribution < 1.29 is 9.21 Å². The van der Waals surface area contributed by atoms with Gasteiger partial charge in [0.05, 0.1) is 6.26 Å². The first-order valence-electron chi connectivity index (χ1n) is 8.52. The summed E-state index contributed by atoms with van der Waals surface area (Å²) in [4.78, 5) is 15.8. The van der Waals surface area contributed by atoms with Crippen molar-refractivity contribution in [3.05, 3.63) is 78.6 Å².